The van der Waals surface area contributed by atoms with E-state index in [0.717, 1.165) is 20.9 Å². The van der Waals surface area contributed by atoms with Gasteiger partial charge in [0.15, 0.2) is 0 Å². The van der Waals surface area contributed by atoms with E-state index in [1.165, 1.54) is 6.08 Å². The van der Waals surface area contributed by atoms with E-state index in [1.807, 2.05) is 36.4 Å². The Bertz CT molecular complexity index is 563. The first-order valence-corrected chi connectivity index (χ1v) is 5.62. The zero-order valence-electron chi connectivity index (χ0n) is 8.53. The first-order valence-electron chi connectivity index (χ1n) is 4.82. The maximum Gasteiger partial charge on any atom is 0.247 e. The highest BCUT2D eigenvalue weighted by Gasteiger charge is 2.01. The van der Waals surface area contributed by atoms with Crippen LogP contribution in [0.2, 0.25) is 0 Å². The molecule has 0 spiro atoms. The van der Waals surface area contributed by atoms with Gasteiger partial charge in [-0.3, -0.25) is 4.79 Å². The first kappa shape index (κ1) is 10.9. The molecule has 2 rings (SSSR count). The van der Waals surface area contributed by atoms with Crippen LogP contribution in [-0.2, 0) is 4.79 Å². The van der Waals surface area contributed by atoms with E-state index in [0.29, 0.717) is 0 Å². The molecule has 0 fully saturated rings. The smallest absolute Gasteiger partial charge is 0.247 e. The second-order valence-electron chi connectivity index (χ2n) is 3.37. The van der Waals surface area contributed by atoms with E-state index >= 15 is 0 Å². The van der Waals surface area contributed by atoms with E-state index in [1.54, 1.807) is 0 Å². The van der Waals surface area contributed by atoms with Crippen molar-refractivity contribution in [2.24, 2.45) is 0 Å². The van der Waals surface area contributed by atoms with E-state index < -0.39 is 0 Å². The molecule has 3 heteroatoms. The number of rotatable bonds is 2. The van der Waals surface area contributed by atoms with Gasteiger partial charge in [-0.2, -0.15) is 0 Å². The molecule has 1 amide bonds. The summed E-state index contributed by atoms with van der Waals surface area (Å²) in [6.45, 7) is 3.41. The number of halogens is 1. The fourth-order valence-electron chi connectivity index (χ4n) is 1.52. The summed E-state index contributed by atoms with van der Waals surface area (Å²) in [4.78, 5) is 11.1. The Balaban J connectivity index is 2.44. The Hall–Kier alpha value is -1.61. The van der Waals surface area contributed by atoms with E-state index in [4.69, 9.17) is 0 Å². The molecule has 0 aliphatic rings. The highest BCUT2D eigenvalue weighted by molar-refractivity contribution is 9.10. The number of anilines is 1. The molecule has 0 radical (unpaired) electrons. The van der Waals surface area contributed by atoms with Crippen molar-refractivity contribution in [2.75, 3.05) is 5.32 Å². The third kappa shape index (κ3) is 2.14. The predicted molar refractivity (Wildman–Crippen MR) is 70.5 cm³/mol. The summed E-state index contributed by atoms with van der Waals surface area (Å²) in [5, 5.41) is 4.93. The van der Waals surface area contributed by atoms with Crippen molar-refractivity contribution in [3.8, 4) is 0 Å². The van der Waals surface area contributed by atoms with Gasteiger partial charge in [-0.15, -0.1) is 0 Å². The Labute approximate surface area is 102 Å². The predicted octanol–water partition coefficient (Wildman–Crippen LogP) is 3.73. The number of nitrogens with one attached hydrogen (secondary N) is 1. The van der Waals surface area contributed by atoms with Crippen LogP contribution in [0.25, 0.3) is 10.8 Å². The minimum atomic E-state index is -0.200. The van der Waals surface area contributed by atoms with Crippen molar-refractivity contribution in [3.05, 3.63) is 53.5 Å². The van der Waals surface area contributed by atoms with Gasteiger partial charge in [-0.1, -0.05) is 40.7 Å². The van der Waals surface area contributed by atoms with Crippen LogP contribution < -0.4 is 5.32 Å². The lowest BCUT2D eigenvalue weighted by molar-refractivity contribution is -0.111. The van der Waals surface area contributed by atoms with Crippen molar-refractivity contribution >= 4 is 38.3 Å². The van der Waals surface area contributed by atoms with Gasteiger partial charge < -0.3 is 5.32 Å². The van der Waals surface area contributed by atoms with Gasteiger partial charge in [-0.05, 0) is 35.0 Å². The number of hydrogen-bond acceptors (Lipinski definition) is 1. The van der Waals surface area contributed by atoms with Gasteiger partial charge in [-0.25, -0.2) is 0 Å². The number of carbonyl (C=O) groups is 1. The number of benzene rings is 2. The minimum Gasteiger partial charge on any atom is -0.323 e. The molecule has 0 aromatic heterocycles. The molecule has 2 nitrogen and oxygen atoms in total. The Morgan fingerprint density at radius 2 is 2.12 bits per heavy atom. The molecular weight excluding hydrogens is 266 g/mol. The highest BCUT2D eigenvalue weighted by Crippen LogP contribution is 2.26. The summed E-state index contributed by atoms with van der Waals surface area (Å²) >= 11 is 3.48. The summed E-state index contributed by atoms with van der Waals surface area (Å²) in [5.74, 6) is -0.200. The molecule has 16 heavy (non-hydrogen) atoms. The number of fused-ring (bicyclic) bond motifs is 1. The summed E-state index contributed by atoms with van der Waals surface area (Å²) in [6.07, 6.45) is 1.26. The van der Waals surface area contributed by atoms with Crippen LogP contribution in [0.15, 0.2) is 53.5 Å². The molecule has 0 saturated heterocycles. The van der Waals surface area contributed by atoms with E-state index in [9.17, 15) is 4.79 Å². The maximum atomic E-state index is 11.1. The second-order valence-corrected chi connectivity index (χ2v) is 4.22. The quantitative estimate of drug-likeness (QED) is 0.832. The zero-order chi connectivity index (χ0) is 11.5. The van der Waals surface area contributed by atoms with Gasteiger partial charge in [0, 0.05) is 10.2 Å². The normalized spacial score (nSPS) is 10.1. The molecule has 0 unspecified atom stereocenters. The maximum absolute atomic E-state index is 11.1. The number of carbonyl (C=O) groups excluding carboxylic acids is 1. The largest absolute Gasteiger partial charge is 0.323 e. The first-order chi connectivity index (χ1) is 7.70. The molecule has 0 bridgehead atoms. The third-order valence-electron chi connectivity index (χ3n) is 2.28. The monoisotopic (exact) mass is 275 g/mol. The molecule has 0 heterocycles. The molecule has 1 N–H and O–H groups in total. The molecule has 80 valence electrons. The van der Waals surface area contributed by atoms with Crippen LogP contribution in [0.3, 0.4) is 0 Å². The van der Waals surface area contributed by atoms with Crippen molar-refractivity contribution in [2.45, 2.75) is 0 Å². The van der Waals surface area contributed by atoms with Gasteiger partial charge in [0.1, 0.15) is 0 Å². The fourth-order valence-corrected chi connectivity index (χ4v) is 2.03. The summed E-state index contributed by atoms with van der Waals surface area (Å²) in [6, 6.07) is 11.7. The van der Waals surface area contributed by atoms with Gasteiger partial charge in [0.25, 0.3) is 0 Å². The molecule has 0 saturated carbocycles. The van der Waals surface area contributed by atoms with Gasteiger partial charge >= 0.3 is 0 Å². The zero-order valence-corrected chi connectivity index (χ0v) is 10.1. The minimum absolute atomic E-state index is 0.200. The van der Waals surface area contributed by atoms with Crippen LogP contribution in [-0.4, -0.2) is 5.91 Å². The van der Waals surface area contributed by atoms with Crippen LogP contribution in [0, 0.1) is 0 Å². The van der Waals surface area contributed by atoms with E-state index in [2.05, 4.69) is 27.8 Å². The standard InChI is InChI=1S/C13H10BrNO/c1-2-13(16)15-10-6-7-11-9(8-10)4-3-5-12(11)14/h2-8H,1H2,(H,15,16). The number of hydrogen-bond donors (Lipinski definition) is 1. The van der Waals surface area contributed by atoms with Crippen molar-refractivity contribution in [1.29, 1.82) is 0 Å². The van der Waals surface area contributed by atoms with Gasteiger partial charge in [0.2, 0.25) is 5.91 Å². The molecule has 0 atom stereocenters. The van der Waals surface area contributed by atoms with Crippen LogP contribution in [0.5, 0.6) is 0 Å². The molecule has 2 aromatic rings. The topological polar surface area (TPSA) is 29.1 Å². The lowest BCUT2D eigenvalue weighted by Gasteiger charge is -2.05. The highest BCUT2D eigenvalue weighted by atomic mass is 79.9. The average Bonchev–Trinajstić information content (AvgIpc) is 2.29. The summed E-state index contributed by atoms with van der Waals surface area (Å²) in [7, 11) is 0. The lowest BCUT2D eigenvalue weighted by Crippen LogP contribution is -2.06. The molecule has 2 aromatic carbocycles. The Morgan fingerprint density at radius 3 is 2.88 bits per heavy atom. The van der Waals surface area contributed by atoms with Crippen LogP contribution >= 0.6 is 15.9 Å². The Morgan fingerprint density at radius 1 is 1.31 bits per heavy atom. The van der Waals surface area contributed by atoms with E-state index in [-0.39, 0.29) is 5.91 Å². The summed E-state index contributed by atoms with van der Waals surface area (Å²) < 4.78 is 1.05. The molecule has 0 aliphatic carbocycles. The van der Waals surface area contributed by atoms with Crippen LogP contribution in [0.4, 0.5) is 5.69 Å². The second kappa shape index (κ2) is 4.49. The fraction of sp³-hybridized carbons (Fsp3) is 0. The average molecular weight is 276 g/mol. The molecule has 0 aliphatic heterocycles. The van der Waals surface area contributed by atoms with Crippen LogP contribution in [0.1, 0.15) is 0 Å². The van der Waals surface area contributed by atoms with Crippen molar-refractivity contribution in [1.82, 2.24) is 0 Å². The number of amides is 1. The SMILES string of the molecule is C=CC(=O)Nc1ccc2c(Br)cccc2c1. The Kier molecular flexibility index (Phi) is 3.06. The third-order valence-corrected chi connectivity index (χ3v) is 2.97. The summed E-state index contributed by atoms with van der Waals surface area (Å²) in [5.41, 5.74) is 0.774. The van der Waals surface area contributed by atoms with Crippen molar-refractivity contribution < 1.29 is 4.79 Å². The van der Waals surface area contributed by atoms with Crippen molar-refractivity contribution in [3.63, 3.8) is 0 Å². The molecular formula is C13H10BrNO. The van der Waals surface area contributed by atoms with Gasteiger partial charge in [0.05, 0.1) is 0 Å². The lowest BCUT2D eigenvalue weighted by atomic mass is 10.1.